The first-order valence-corrected chi connectivity index (χ1v) is 21.2. The second-order valence-electron chi connectivity index (χ2n) is 16.3. The van der Waals surface area contributed by atoms with E-state index in [9.17, 15) is 24.0 Å². The first kappa shape index (κ1) is 39.7. The fraction of sp³-hybridized carbons (Fsp3) is 0.442. The highest BCUT2D eigenvalue weighted by Gasteiger charge is 2.39. The third-order valence-electron chi connectivity index (χ3n) is 12.2. The molecule has 0 radical (unpaired) electrons. The molecule has 3 fully saturated rings. The van der Waals surface area contributed by atoms with Gasteiger partial charge in [-0.2, -0.15) is 10.1 Å². The van der Waals surface area contributed by atoms with Crippen molar-refractivity contribution in [3.05, 3.63) is 77.2 Å². The van der Waals surface area contributed by atoms with Crippen molar-refractivity contribution in [1.29, 1.82) is 0 Å². The highest BCUT2D eigenvalue weighted by molar-refractivity contribution is 6.05. The van der Waals surface area contributed by atoms with Gasteiger partial charge in [-0.15, -0.1) is 0 Å². The summed E-state index contributed by atoms with van der Waals surface area (Å²) < 4.78 is 7.36. The number of aryl methyl sites for hydroxylation is 2. The molecule has 9 rings (SSSR count). The van der Waals surface area contributed by atoms with E-state index >= 15 is 0 Å². The number of pyridine rings is 1. The van der Waals surface area contributed by atoms with E-state index in [1.807, 2.05) is 46.7 Å². The minimum absolute atomic E-state index is 0.137. The van der Waals surface area contributed by atoms with Crippen LogP contribution < -0.4 is 20.9 Å². The van der Waals surface area contributed by atoms with Crippen molar-refractivity contribution >= 4 is 52.4 Å². The summed E-state index contributed by atoms with van der Waals surface area (Å²) in [5.41, 5.74) is 6.66. The highest BCUT2D eigenvalue weighted by Crippen LogP contribution is 2.38. The van der Waals surface area contributed by atoms with Gasteiger partial charge in [-0.25, -0.2) is 14.3 Å². The number of urea groups is 1. The van der Waals surface area contributed by atoms with Gasteiger partial charge in [-0.05, 0) is 74.4 Å². The van der Waals surface area contributed by atoms with Crippen LogP contribution in [0.15, 0.2) is 53.4 Å². The van der Waals surface area contributed by atoms with Crippen molar-refractivity contribution in [1.82, 2.24) is 44.8 Å². The third-order valence-corrected chi connectivity index (χ3v) is 12.2. The lowest BCUT2D eigenvalue weighted by atomic mass is 10.0. The molecule has 1 unspecified atom stereocenters. The van der Waals surface area contributed by atoms with E-state index in [2.05, 4.69) is 46.1 Å². The maximum atomic E-state index is 13.1. The standard InChI is InChI=1S/C43H48N12O6/c1-26-21-29(47-43(60)48-32-24-44-34-15-16-46-55(34)39(32)27-7-5-6-8-27)23-45-38(26)40-50-36(61-51-40)9-3-2-4-10-37(57)53-19-17-52(18-20-53)30-11-12-31-28(22-30)25-54(42(31)59)33-13-14-35(56)49-41(33)58/h11-12,15-16,21-24,27,33H,2-10,13-14,17-20,25H2,1H3,(H2,47,48,60)(H,49,56,58). The zero-order valence-corrected chi connectivity index (χ0v) is 34.1. The van der Waals surface area contributed by atoms with E-state index in [4.69, 9.17) is 4.52 Å². The average Bonchev–Trinajstić information content (AvgIpc) is 4.10. The number of hydrogen-bond acceptors (Lipinski definition) is 12. The molecule has 61 heavy (non-hydrogen) atoms. The number of carbonyl (C=O) groups is 5. The zero-order valence-electron chi connectivity index (χ0n) is 34.1. The van der Waals surface area contributed by atoms with Crippen LogP contribution in [0.4, 0.5) is 21.9 Å². The van der Waals surface area contributed by atoms with Crippen LogP contribution in [0.3, 0.4) is 0 Å². The summed E-state index contributed by atoms with van der Waals surface area (Å²) in [6, 6.07) is 8.38. The average molecular weight is 829 g/mol. The lowest BCUT2D eigenvalue weighted by molar-refractivity contribution is -0.137. The van der Waals surface area contributed by atoms with E-state index in [1.165, 1.54) is 0 Å². The number of benzene rings is 1. The molecule has 0 spiro atoms. The van der Waals surface area contributed by atoms with Crippen LogP contribution >= 0.6 is 0 Å². The summed E-state index contributed by atoms with van der Waals surface area (Å²) in [4.78, 5) is 82.6. The molecule has 1 aromatic carbocycles. The Morgan fingerprint density at radius 2 is 1.77 bits per heavy atom. The predicted octanol–water partition coefficient (Wildman–Crippen LogP) is 5.00. The maximum absolute atomic E-state index is 13.1. The van der Waals surface area contributed by atoms with Gasteiger partial charge in [0, 0.05) is 75.2 Å². The number of piperazine rings is 1. The van der Waals surface area contributed by atoms with Gasteiger partial charge >= 0.3 is 6.03 Å². The first-order chi connectivity index (χ1) is 29.7. The smallest absolute Gasteiger partial charge is 0.323 e. The number of hydrogen-bond donors (Lipinski definition) is 3. The molecule has 1 aliphatic carbocycles. The van der Waals surface area contributed by atoms with Gasteiger partial charge in [0.25, 0.3) is 5.91 Å². The number of aromatic nitrogens is 6. The number of nitrogens with one attached hydrogen (secondary N) is 3. The molecule has 3 aliphatic heterocycles. The van der Waals surface area contributed by atoms with Gasteiger partial charge in [0.05, 0.1) is 35.7 Å². The van der Waals surface area contributed by atoms with Gasteiger partial charge in [-0.3, -0.25) is 29.5 Å². The second kappa shape index (κ2) is 17.1. The molecular weight excluding hydrogens is 781 g/mol. The van der Waals surface area contributed by atoms with Crippen LogP contribution in [-0.2, 0) is 27.3 Å². The largest absolute Gasteiger partial charge is 0.368 e. The van der Waals surface area contributed by atoms with Crippen molar-refractivity contribution in [2.45, 2.75) is 96.1 Å². The minimum atomic E-state index is -0.642. The molecule has 3 N–H and O–H groups in total. The molecule has 7 heterocycles. The molecule has 0 bridgehead atoms. The van der Waals surface area contributed by atoms with Gasteiger partial charge in [0.15, 0.2) is 5.65 Å². The van der Waals surface area contributed by atoms with E-state index in [0.29, 0.717) is 92.3 Å². The number of nitrogens with zero attached hydrogens (tertiary/aromatic N) is 9. The van der Waals surface area contributed by atoms with Crippen molar-refractivity contribution in [3.63, 3.8) is 0 Å². The Morgan fingerprint density at radius 3 is 2.57 bits per heavy atom. The zero-order chi connectivity index (χ0) is 42.0. The lowest BCUT2D eigenvalue weighted by Crippen LogP contribution is -2.52. The van der Waals surface area contributed by atoms with Crippen molar-refractivity contribution in [3.8, 4) is 11.5 Å². The summed E-state index contributed by atoms with van der Waals surface area (Å²) >= 11 is 0. The van der Waals surface area contributed by atoms with Crippen LogP contribution in [0.5, 0.6) is 0 Å². The predicted molar refractivity (Wildman–Crippen MR) is 223 cm³/mol. The lowest BCUT2D eigenvalue weighted by Gasteiger charge is -2.36. The van der Waals surface area contributed by atoms with Crippen molar-refractivity contribution in [2.75, 3.05) is 41.7 Å². The van der Waals surface area contributed by atoms with E-state index in [0.717, 1.165) is 73.1 Å². The number of fused-ring (bicyclic) bond motifs is 2. The highest BCUT2D eigenvalue weighted by atomic mass is 16.5. The maximum Gasteiger partial charge on any atom is 0.323 e. The Balaban J connectivity index is 0.701. The van der Waals surface area contributed by atoms with Gasteiger partial charge in [-0.1, -0.05) is 24.4 Å². The Hall–Kier alpha value is -6.72. The number of rotatable bonds is 12. The van der Waals surface area contributed by atoms with E-state index in [-0.39, 0.29) is 24.1 Å². The molecule has 316 valence electrons. The van der Waals surface area contributed by atoms with Crippen LogP contribution in [0, 0.1) is 6.92 Å². The van der Waals surface area contributed by atoms with Gasteiger partial charge in [0.1, 0.15) is 11.7 Å². The monoisotopic (exact) mass is 828 g/mol. The number of imide groups is 1. The fourth-order valence-electron chi connectivity index (χ4n) is 9.05. The molecule has 1 saturated carbocycles. The Labute approximate surface area is 351 Å². The van der Waals surface area contributed by atoms with Crippen LogP contribution in [0.1, 0.15) is 103 Å². The summed E-state index contributed by atoms with van der Waals surface area (Å²) in [6.07, 6.45) is 13.3. The van der Waals surface area contributed by atoms with Gasteiger partial charge < -0.3 is 29.9 Å². The van der Waals surface area contributed by atoms with E-state index < -0.39 is 18.0 Å². The summed E-state index contributed by atoms with van der Waals surface area (Å²) in [5.74, 6) is 0.404. The molecule has 6 amide bonds. The van der Waals surface area contributed by atoms with Crippen molar-refractivity contribution < 1.29 is 28.5 Å². The Bertz CT molecular complexity index is 2500. The van der Waals surface area contributed by atoms with Crippen LogP contribution in [-0.4, -0.2) is 101 Å². The fourth-order valence-corrected chi connectivity index (χ4v) is 9.05. The normalized spacial score (nSPS) is 18.2. The third kappa shape index (κ3) is 8.38. The number of amides is 6. The summed E-state index contributed by atoms with van der Waals surface area (Å²) in [6.45, 7) is 4.80. The Kier molecular flexibility index (Phi) is 11.1. The Morgan fingerprint density at radius 1 is 0.934 bits per heavy atom. The number of unbranched alkanes of at least 4 members (excludes halogenated alkanes) is 2. The van der Waals surface area contributed by atoms with Crippen LogP contribution in [0.2, 0.25) is 0 Å². The number of carbonyl (C=O) groups excluding carboxylic acids is 5. The molecule has 4 aliphatic rings. The minimum Gasteiger partial charge on any atom is -0.368 e. The molecule has 18 heteroatoms. The molecule has 18 nitrogen and oxygen atoms in total. The topological polar surface area (TPSA) is 213 Å². The number of anilines is 3. The second-order valence-corrected chi connectivity index (χ2v) is 16.3. The molecule has 5 aromatic rings. The van der Waals surface area contributed by atoms with Crippen LogP contribution in [0.25, 0.3) is 17.2 Å². The van der Waals surface area contributed by atoms with E-state index in [1.54, 1.807) is 23.5 Å². The summed E-state index contributed by atoms with van der Waals surface area (Å²) in [7, 11) is 0. The van der Waals surface area contributed by atoms with Crippen molar-refractivity contribution in [2.24, 2.45) is 0 Å². The first-order valence-electron chi connectivity index (χ1n) is 21.2. The molecule has 1 atom stereocenters. The molecule has 4 aromatic heterocycles. The molecular formula is C43H48N12O6. The number of piperidine rings is 1. The van der Waals surface area contributed by atoms with Gasteiger partial charge in [0.2, 0.25) is 29.4 Å². The SMILES string of the molecule is Cc1cc(NC(=O)Nc2cnc3ccnn3c2C2CCCC2)cnc1-c1noc(CCCCCC(=O)N2CCN(c3ccc4c(c3)CN(C3CCC(=O)NC3=O)C4=O)CC2)n1. The summed E-state index contributed by atoms with van der Waals surface area (Å²) in [5, 5.41) is 16.8. The quantitative estimate of drug-likeness (QED) is 0.112. The molecule has 2 saturated heterocycles.